The van der Waals surface area contributed by atoms with Crippen LogP contribution >= 0.6 is 0 Å². The molecule has 1 N–H and O–H groups in total. The zero-order valence-corrected chi connectivity index (χ0v) is 18.4. The number of aromatic nitrogens is 5. The molecule has 1 aliphatic heterocycles. The van der Waals surface area contributed by atoms with Crippen molar-refractivity contribution in [3.63, 3.8) is 0 Å². The van der Waals surface area contributed by atoms with Gasteiger partial charge >= 0.3 is 0 Å². The monoisotopic (exact) mass is 468 g/mol. The fraction of sp³-hybridized carbons (Fsp3) is 0.273. The molecule has 0 radical (unpaired) electrons. The summed E-state index contributed by atoms with van der Waals surface area (Å²) in [7, 11) is -3.66. The summed E-state index contributed by atoms with van der Waals surface area (Å²) >= 11 is 0. The molecule has 0 unspecified atom stereocenters. The molecule has 3 heterocycles. The maximum Gasteiger partial charge on any atom is 0.281 e. The molecule has 1 atom stereocenters. The minimum atomic E-state index is -3.66. The van der Waals surface area contributed by atoms with Crippen LogP contribution in [0.15, 0.2) is 64.3 Å². The summed E-state index contributed by atoms with van der Waals surface area (Å²) in [6.45, 7) is 0.659. The summed E-state index contributed by atoms with van der Waals surface area (Å²) in [4.78, 5) is 20.2. The molecule has 2 aromatic carbocycles. The van der Waals surface area contributed by atoms with E-state index in [2.05, 4.69) is 20.3 Å². The molecule has 33 heavy (non-hydrogen) atoms. The first-order chi connectivity index (χ1) is 15.9. The second kappa shape index (κ2) is 8.49. The summed E-state index contributed by atoms with van der Waals surface area (Å²) in [5.74, 6) is -0.316. The first kappa shape index (κ1) is 21.4. The van der Waals surface area contributed by atoms with Crippen LogP contribution < -0.4 is 5.56 Å². The van der Waals surface area contributed by atoms with Crippen LogP contribution in [0.3, 0.4) is 0 Å². The van der Waals surface area contributed by atoms with Gasteiger partial charge in [-0.25, -0.2) is 22.5 Å². The Hall–Kier alpha value is -3.44. The highest BCUT2D eigenvalue weighted by Gasteiger charge is 2.32. The molecular formula is C22H21FN6O3S. The molecule has 0 amide bonds. The SMILES string of the molecule is O=c1[nH]c([C@H]2CCCN(S(=O)(=O)c3ccccc3)C2)nc2c1nnn2Cc1ccccc1F. The van der Waals surface area contributed by atoms with Gasteiger partial charge in [-0.1, -0.05) is 41.6 Å². The highest BCUT2D eigenvalue weighted by Crippen LogP contribution is 2.28. The number of rotatable bonds is 5. The predicted molar refractivity (Wildman–Crippen MR) is 119 cm³/mol. The van der Waals surface area contributed by atoms with Crippen molar-refractivity contribution in [2.75, 3.05) is 13.1 Å². The van der Waals surface area contributed by atoms with Gasteiger partial charge in [0, 0.05) is 24.6 Å². The Morgan fingerprint density at radius 1 is 1.09 bits per heavy atom. The maximum atomic E-state index is 14.1. The third-order valence-corrected chi connectivity index (χ3v) is 7.70. The lowest BCUT2D eigenvalue weighted by Crippen LogP contribution is -2.39. The summed E-state index contributed by atoms with van der Waals surface area (Å²) in [5, 5.41) is 7.89. The lowest BCUT2D eigenvalue weighted by atomic mass is 9.99. The van der Waals surface area contributed by atoms with Crippen molar-refractivity contribution >= 4 is 21.2 Å². The summed E-state index contributed by atoms with van der Waals surface area (Å²) < 4.78 is 43.1. The normalized spacial score (nSPS) is 17.4. The van der Waals surface area contributed by atoms with Crippen molar-refractivity contribution in [3.8, 4) is 0 Å². The maximum absolute atomic E-state index is 14.1. The fourth-order valence-corrected chi connectivity index (χ4v) is 5.64. The number of nitrogens with zero attached hydrogens (tertiary/aromatic N) is 5. The van der Waals surface area contributed by atoms with E-state index in [1.165, 1.54) is 15.1 Å². The third-order valence-electron chi connectivity index (χ3n) is 5.82. The lowest BCUT2D eigenvalue weighted by molar-refractivity contribution is 0.309. The number of H-pyrrole nitrogens is 1. The van der Waals surface area contributed by atoms with Gasteiger partial charge in [0.15, 0.2) is 11.2 Å². The Morgan fingerprint density at radius 2 is 1.85 bits per heavy atom. The Labute approximate surface area is 188 Å². The average Bonchev–Trinajstić information content (AvgIpc) is 3.24. The number of hydrogen-bond donors (Lipinski definition) is 1. The standard InChI is InChI=1S/C22H21FN6O3S/c23-18-11-5-4-7-15(18)14-29-21-19(26-27-29)22(30)25-20(24-21)16-8-6-12-28(13-16)33(31,32)17-9-2-1-3-10-17/h1-5,7,9-11,16H,6,8,12-14H2,(H,24,25,30)/t16-/m0/s1. The molecule has 1 saturated heterocycles. The van der Waals surface area contributed by atoms with Crippen molar-refractivity contribution in [2.45, 2.75) is 30.2 Å². The van der Waals surface area contributed by atoms with Gasteiger partial charge in [-0.3, -0.25) is 4.79 Å². The minimum absolute atomic E-state index is 0.0552. The van der Waals surface area contributed by atoms with E-state index in [0.29, 0.717) is 30.8 Å². The van der Waals surface area contributed by atoms with E-state index < -0.39 is 15.6 Å². The van der Waals surface area contributed by atoms with E-state index in [0.717, 1.165) is 0 Å². The second-order valence-electron chi connectivity index (χ2n) is 7.98. The molecule has 170 valence electrons. The van der Waals surface area contributed by atoms with E-state index in [9.17, 15) is 17.6 Å². The number of nitrogens with one attached hydrogen (secondary N) is 1. The number of piperidine rings is 1. The van der Waals surface area contributed by atoms with Crippen molar-refractivity contribution < 1.29 is 12.8 Å². The van der Waals surface area contributed by atoms with Gasteiger partial charge in [0.1, 0.15) is 11.6 Å². The molecular weight excluding hydrogens is 447 g/mol. The molecule has 2 aromatic heterocycles. The van der Waals surface area contributed by atoms with Crippen LogP contribution in [0.25, 0.3) is 11.2 Å². The van der Waals surface area contributed by atoms with Crippen molar-refractivity contribution in [1.29, 1.82) is 0 Å². The zero-order valence-electron chi connectivity index (χ0n) is 17.6. The van der Waals surface area contributed by atoms with Gasteiger partial charge < -0.3 is 4.98 Å². The van der Waals surface area contributed by atoms with E-state index in [-0.39, 0.29) is 40.9 Å². The van der Waals surface area contributed by atoms with Crippen LogP contribution in [-0.2, 0) is 16.6 Å². The summed E-state index contributed by atoms with van der Waals surface area (Å²) in [6, 6.07) is 14.6. The second-order valence-corrected chi connectivity index (χ2v) is 9.92. The van der Waals surface area contributed by atoms with Gasteiger partial charge in [-0.15, -0.1) is 5.10 Å². The smallest absolute Gasteiger partial charge is 0.281 e. The molecule has 9 nitrogen and oxygen atoms in total. The molecule has 0 aliphatic carbocycles. The lowest BCUT2D eigenvalue weighted by Gasteiger charge is -2.31. The van der Waals surface area contributed by atoms with Crippen LogP contribution in [0.1, 0.15) is 30.1 Å². The molecule has 4 aromatic rings. The fourth-order valence-electron chi connectivity index (χ4n) is 4.10. The molecule has 1 fully saturated rings. The van der Waals surface area contributed by atoms with Gasteiger partial charge in [-0.05, 0) is 31.0 Å². The Kier molecular flexibility index (Phi) is 5.51. The quantitative estimate of drug-likeness (QED) is 0.481. The van der Waals surface area contributed by atoms with Gasteiger partial charge in [0.05, 0.1) is 11.4 Å². The molecule has 5 rings (SSSR count). The molecule has 0 saturated carbocycles. The van der Waals surface area contributed by atoms with E-state index in [1.54, 1.807) is 48.5 Å². The first-order valence-electron chi connectivity index (χ1n) is 10.6. The Bertz CT molecular complexity index is 1470. The van der Waals surface area contributed by atoms with E-state index >= 15 is 0 Å². The number of halogens is 1. The number of benzene rings is 2. The van der Waals surface area contributed by atoms with Crippen LogP contribution in [-0.4, -0.2) is 50.8 Å². The zero-order chi connectivity index (χ0) is 23.0. The highest BCUT2D eigenvalue weighted by atomic mass is 32.2. The van der Waals surface area contributed by atoms with Crippen molar-refractivity contribution in [1.82, 2.24) is 29.3 Å². The van der Waals surface area contributed by atoms with Crippen LogP contribution in [0.4, 0.5) is 4.39 Å². The van der Waals surface area contributed by atoms with Crippen molar-refractivity contribution in [3.05, 3.63) is 82.2 Å². The number of sulfonamides is 1. The van der Waals surface area contributed by atoms with E-state index in [4.69, 9.17) is 0 Å². The van der Waals surface area contributed by atoms with Crippen LogP contribution in [0.5, 0.6) is 0 Å². The largest absolute Gasteiger partial charge is 0.308 e. The van der Waals surface area contributed by atoms with Gasteiger partial charge in [0.25, 0.3) is 5.56 Å². The van der Waals surface area contributed by atoms with Crippen molar-refractivity contribution in [2.24, 2.45) is 0 Å². The molecule has 0 bridgehead atoms. The topological polar surface area (TPSA) is 114 Å². The third kappa shape index (κ3) is 4.05. The Morgan fingerprint density at radius 3 is 2.64 bits per heavy atom. The molecule has 1 aliphatic rings. The van der Waals surface area contributed by atoms with Gasteiger partial charge in [-0.2, -0.15) is 4.31 Å². The van der Waals surface area contributed by atoms with Crippen LogP contribution in [0.2, 0.25) is 0 Å². The first-order valence-corrected chi connectivity index (χ1v) is 12.0. The number of fused-ring (bicyclic) bond motifs is 1. The van der Waals surface area contributed by atoms with E-state index in [1.807, 2.05) is 0 Å². The van der Waals surface area contributed by atoms with Gasteiger partial charge in [0.2, 0.25) is 10.0 Å². The van der Waals surface area contributed by atoms with Crippen LogP contribution in [0, 0.1) is 5.82 Å². The molecule has 11 heteroatoms. The summed E-state index contributed by atoms with van der Waals surface area (Å²) in [5.41, 5.74) is 0.225. The highest BCUT2D eigenvalue weighted by molar-refractivity contribution is 7.89. The minimum Gasteiger partial charge on any atom is -0.308 e. The summed E-state index contributed by atoms with van der Waals surface area (Å²) in [6.07, 6.45) is 1.30. The number of hydrogen-bond acceptors (Lipinski definition) is 6. The predicted octanol–water partition coefficient (Wildman–Crippen LogP) is 2.27. The average molecular weight is 469 g/mol. The number of aromatic amines is 1. The molecule has 0 spiro atoms. The Balaban J connectivity index is 1.47.